The number of hydrogen-bond acceptors (Lipinski definition) is 3. The number of rotatable bonds is 1. The van der Waals surface area contributed by atoms with Gasteiger partial charge < -0.3 is 14.6 Å². The molecule has 24 heavy (non-hydrogen) atoms. The van der Waals surface area contributed by atoms with E-state index < -0.39 is 11.4 Å². The number of H-pyrrole nitrogens is 1. The molecule has 5 nitrogen and oxygen atoms in total. The minimum Gasteiger partial charge on any atom is -0.444 e. The van der Waals surface area contributed by atoms with Gasteiger partial charge in [0.1, 0.15) is 17.2 Å². The summed E-state index contributed by atoms with van der Waals surface area (Å²) >= 11 is 6.09. The van der Waals surface area contributed by atoms with Crippen molar-refractivity contribution in [2.45, 2.75) is 39.3 Å². The first-order valence-corrected chi connectivity index (χ1v) is 8.12. The fourth-order valence-electron chi connectivity index (χ4n) is 2.59. The second kappa shape index (κ2) is 6.09. The highest BCUT2D eigenvalue weighted by molar-refractivity contribution is 6.33. The summed E-state index contributed by atoms with van der Waals surface area (Å²) in [5, 5.41) is 0.296. The Hall–Kier alpha value is -2.08. The highest BCUT2D eigenvalue weighted by atomic mass is 35.5. The number of ether oxygens (including phenoxy) is 1. The summed E-state index contributed by atoms with van der Waals surface area (Å²) in [4.78, 5) is 21.6. The van der Waals surface area contributed by atoms with Crippen LogP contribution in [-0.2, 0) is 17.7 Å². The molecule has 1 aromatic carbocycles. The number of nitrogens with zero attached hydrogens (tertiary/aromatic N) is 2. The summed E-state index contributed by atoms with van der Waals surface area (Å²) in [5.74, 6) is 0.187. The average Bonchev–Trinajstić information content (AvgIpc) is 2.87. The lowest BCUT2D eigenvalue weighted by Crippen LogP contribution is -2.39. The van der Waals surface area contributed by atoms with Gasteiger partial charge in [0.25, 0.3) is 0 Å². The molecule has 1 aliphatic rings. The fourth-order valence-corrected chi connectivity index (χ4v) is 2.84. The van der Waals surface area contributed by atoms with Crippen molar-refractivity contribution in [2.75, 3.05) is 6.54 Å². The van der Waals surface area contributed by atoms with Gasteiger partial charge in [-0.05, 0) is 39.0 Å². The molecule has 0 bridgehead atoms. The minimum absolute atomic E-state index is 0.296. The molecule has 0 atom stereocenters. The molecule has 0 saturated heterocycles. The van der Waals surface area contributed by atoms with E-state index in [-0.39, 0.29) is 6.09 Å². The summed E-state index contributed by atoms with van der Waals surface area (Å²) in [6, 6.07) is 4.19. The standard InChI is InChI=1S/C17H19ClFN3O2/c1-17(2,3)24-16(23)22-7-6-13-14(9-22)21-15(20-13)11-5-4-10(19)8-12(11)18/h4-5,8H,6-7,9H2,1-3H3,(H,20,21). The Labute approximate surface area is 144 Å². The maximum atomic E-state index is 13.2. The van der Waals surface area contributed by atoms with Crippen molar-refractivity contribution in [3.63, 3.8) is 0 Å². The number of benzene rings is 1. The van der Waals surface area contributed by atoms with Crippen LogP contribution in [0.5, 0.6) is 0 Å². The van der Waals surface area contributed by atoms with Gasteiger partial charge in [0, 0.05) is 18.5 Å². The van der Waals surface area contributed by atoms with E-state index in [9.17, 15) is 9.18 Å². The first-order chi connectivity index (χ1) is 11.2. The van der Waals surface area contributed by atoms with Crippen LogP contribution in [0.15, 0.2) is 18.2 Å². The van der Waals surface area contributed by atoms with Crippen LogP contribution in [0.3, 0.4) is 0 Å². The van der Waals surface area contributed by atoms with Gasteiger partial charge in [0.2, 0.25) is 0 Å². The predicted octanol–water partition coefficient (Wildman–Crippen LogP) is 4.16. The normalized spacial score (nSPS) is 14.5. The van der Waals surface area contributed by atoms with Crippen LogP contribution in [0, 0.1) is 5.82 Å². The Bertz CT molecular complexity index is 783. The van der Waals surface area contributed by atoms with E-state index in [1.54, 1.807) is 11.0 Å². The third kappa shape index (κ3) is 3.53. The lowest BCUT2D eigenvalue weighted by molar-refractivity contribution is 0.0221. The third-order valence-electron chi connectivity index (χ3n) is 3.67. The van der Waals surface area contributed by atoms with Crippen molar-refractivity contribution in [3.8, 4) is 11.4 Å². The summed E-state index contributed by atoms with van der Waals surface area (Å²) in [7, 11) is 0. The molecule has 1 aliphatic heterocycles. The van der Waals surface area contributed by atoms with Crippen LogP contribution in [0.25, 0.3) is 11.4 Å². The van der Waals surface area contributed by atoms with Gasteiger partial charge >= 0.3 is 6.09 Å². The number of aromatic nitrogens is 2. The zero-order chi connectivity index (χ0) is 17.5. The molecular formula is C17H19ClFN3O2. The summed E-state index contributed by atoms with van der Waals surface area (Å²) in [6.45, 7) is 6.46. The first-order valence-electron chi connectivity index (χ1n) is 7.74. The molecule has 2 heterocycles. The Morgan fingerprint density at radius 3 is 2.83 bits per heavy atom. The van der Waals surface area contributed by atoms with E-state index in [2.05, 4.69) is 9.97 Å². The van der Waals surface area contributed by atoms with Crippen LogP contribution < -0.4 is 0 Å². The van der Waals surface area contributed by atoms with Crippen molar-refractivity contribution in [2.24, 2.45) is 0 Å². The molecule has 3 rings (SSSR count). The fraction of sp³-hybridized carbons (Fsp3) is 0.412. The predicted molar refractivity (Wildman–Crippen MR) is 89.3 cm³/mol. The Morgan fingerprint density at radius 2 is 2.17 bits per heavy atom. The lowest BCUT2D eigenvalue weighted by Gasteiger charge is -2.29. The average molecular weight is 352 g/mol. The molecule has 0 radical (unpaired) electrons. The van der Waals surface area contributed by atoms with Gasteiger partial charge in [-0.2, -0.15) is 0 Å². The SMILES string of the molecule is CC(C)(C)OC(=O)N1CCc2nc(-c3ccc(F)cc3Cl)[nH]c2C1. The van der Waals surface area contributed by atoms with Crippen molar-refractivity contribution in [1.29, 1.82) is 0 Å². The lowest BCUT2D eigenvalue weighted by atomic mass is 10.1. The van der Waals surface area contributed by atoms with Gasteiger partial charge in [-0.15, -0.1) is 0 Å². The quantitative estimate of drug-likeness (QED) is 0.839. The minimum atomic E-state index is -0.530. The molecule has 0 aliphatic carbocycles. The zero-order valence-corrected chi connectivity index (χ0v) is 14.6. The van der Waals surface area contributed by atoms with Gasteiger partial charge in [0.05, 0.1) is 23.0 Å². The maximum Gasteiger partial charge on any atom is 0.410 e. The number of carbonyl (C=O) groups excluding carboxylic acids is 1. The molecule has 1 aromatic heterocycles. The molecule has 1 amide bonds. The maximum absolute atomic E-state index is 13.2. The van der Waals surface area contributed by atoms with E-state index in [0.717, 1.165) is 11.4 Å². The third-order valence-corrected chi connectivity index (χ3v) is 3.98. The highest BCUT2D eigenvalue weighted by Gasteiger charge is 2.28. The smallest absolute Gasteiger partial charge is 0.410 e. The van der Waals surface area contributed by atoms with Crippen LogP contribution >= 0.6 is 11.6 Å². The van der Waals surface area contributed by atoms with Gasteiger partial charge in [-0.25, -0.2) is 14.2 Å². The first kappa shape index (κ1) is 16.8. The van der Waals surface area contributed by atoms with Crippen LogP contribution in [0.1, 0.15) is 32.2 Å². The second-order valence-corrected chi connectivity index (χ2v) is 7.19. The van der Waals surface area contributed by atoms with Gasteiger partial charge in [-0.3, -0.25) is 0 Å². The van der Waals surface area contributed by atoms with Gasteiger partial charge in [0.15, 0.2) is 0 Å². The van der Waals surface area contributed by atoms with Crippen molar-refractivity contribution < 1.29 is 13.9 Å². The Morgan fingerprint density at radius 1 is 1.42 bits per heavy atom. The molecule has 128 valence electrons. The summed E-state index contributed by atoms with van der Waals surface area (Å²) in [6.07, 6.45) is 0.285. The van der Waals surface area contributed by atoms with E-state index in [4.69, 9.17) is 16.3 Å². The number of imidazole rings is 1. The number of carbonyl (C=O) groups is 1. The summed E-state index contributed by atoms with van der Waals surface area (Å²) in [5.41, 5.74) is 1.85. The van der Waals surface area contributed by atoms with Crippen molar-refractivity contribution in [3.05, 3.63) is 40.4 Å². The van der Waals surface area contributed by atoms with E-state index in [1.807, 2.05) is 20.8 Å². The largest absolute Gasteiger partial charge is 0.444 e. The Kier molecular flexibility index (Phi) is 4.25. The van der Waals surface area contributed by atoms with E-state index >= 15 is 0 Å². The highest BCUT2D eigenvalue weighted by Crippen LogP contribution is 2.29. The number of aromatic amines is 1. The molecule has 0 unspecified atom stereocenters. The van der Waals surface area contributed by atoms with Crippen molar-refractivity contribution in [1.82, 2.24) is 14.9 Å². The molecule has 0 spiro atoms. The van der Waals surface area contributed by atoms with Crippen LogP contribution in [0.4, 0.5) is 9.18 Å². The number of nitrogens with one attached hydrogen (secondary N) is 1. The monoisotopic (exact) mass is 351 g/mol. The molecule has 0 saturated carbocycles. The molecular weight excluding hydrogens is 333 g/mol. The summed E-state index contributed by atoms with van der Waals surface area (Å²) < 4.78 is 18.6. The second-order valence-electron chi connectivity index (χ2n) is 6.79. The molecule has 0 fully saturated rings. The van der Waals surface area contributed by atoms with Gasteiger partial charge in [-0.1, -0.05) is 11.6 Å². The van der Waals surface area contributed by atoms with Crippen LogP contribution in [-0.4, -0.2) is 33.1 Å². The number of hydrogen-bond donors (Lipinski definition) is 1. The molecule has 2 aromatic rings. The van der Waals surface area contributed by atoms with Crippen molar-refractivity contribution >= 4 is 17.7 Å². The van der Waals surface area contributed by atoms with E-state index in [1.165, 1.54) is 12.1 Å². The topological polar surface area (TPSA) is 58.2 Å². The zero-order valence-electron chi connectivity index (χ0n) is 13.8. The number of amides is 1. The number of fused-ring (bicyclic) bond motifs is 1. The molecule has 1 N–H and O–H groups in total. The van der Waals surface area contributed by atoms with Crippen LogP contribution in [0.2, 0.25) is 5.02 Å². The number of halogens is 2. The Balaban J connectivity index is 1.81. The van der Waals surface area contributed by atoms with E-state index in [0.29, 0.717) is 35.9 Å². The molecule has 7 heteroatoms.